The molecule has 0 fully saturated rings. The van der Waals surface area contributed by atoms with Crippen molar-refractivity contribution in [2.24, 2.45) is 16.8 Å². The molecule has 10 nitrogen and oxygen atoms in total. The maximum Gasteiger partial charge on any atom is 0.267 e. The van der Waals surface area contributed by atoms with Crippen LogP contribution >= 0.6 is 8.20 Å². The third kappa shape index (κ3) is 12.6. The summed E-state index contributed by atoms with van der Waals surface area (Å²) in [4.78, 5) is 43.2. The molecule has 2 bridgehead atoms. The summed E-state index contributed by atoms with van der Waals surface area (Å²) in [6.45, 7) is 3.78. The minimum absolute atomic E-state index is 0.158. The number of carbonyl (C=O) groups is 3. The van der Waals surface area contributed by atoms with Gasteiger partial charge in [0.05, 0.1) is 5.92 Å². The summed E-state index contributed by atoms with van der Waals surface area (Å²) in [7, 11) is 7.65. The van der Waals surface area contributed by atoms with Gasteiger partial charge in [-0.15, -0.1) is 0 Å². The van der Waals surface area contributed by atoms with Crippen molar-refractivity contribution in [3.05, 3.63) is 82.7 Å². The van der Waals surface area contributed by atoms with Crippen molar-refractivity contribution in [2.75, 3.05) is 28.2 Å². The Hall–Kier alpha value is -4.14. The highest BCUT2D eigenvalue weighted by molar-refractivity contribution is 7.42. The number of nitrogens with zero attached hydrogens (tertiary/aromatic N) is 3. The van der Waals surface area contributed by atoms with Crippen molar-refractivity contribution in [1.29, 1.82) is 5.41 Å². The molecular formula is C33H45N6O4P. The third-order valence-electron chi connectivity index (χ3n) is 6.68. The molecule has 3 amide bonds. The Morgan fingerprint density at radius 2 is 1.86 bits per heavy atom. The van der Waals surface area contributed by atoms with E-state index in [4.69, 9.17) is 20.8 Å². The number of amides is 3. The lowest BCUT2D eigenvalue weighted by atomic mass is 9.87. The number of fused-ring (bicyclic) bond motifs is 2. The van der Waals surface area contributed by atoms with Gasteiger partial charge in [0.1, 0.15) is 12.3 Å². The normalized spacial score (nSPS) is 15.8. The van der Waals surface area contributed by atoms with E-state index in [2.05, 4.69) is 34.2 Å². The second kappa shape index (κ2) is 17.9. The fourth-order valence-corrected chi connectivity index (χ4v) is 5.18. The molecule has 2 atom stereocenters. The lowest BCUT2D eigenvalue weighted by molar-refractivity contribution is -0.134. The summed E-state index contributed by atoms with van der Waals surface area (Å²) in [6, 6.07) is 8.89. The van der Waals surface area contributed by atoms with Crippen LogP contribution in [0.15, 0.2) is 82.3 Å². The SMILES string of the molecule is CN(C)C(=O)/C=N/OC(=N)C(Cc1ccccc1)N(C)C(=O)[C@@H](/C=C/C(C)(C)N)CC1=CC2=CP=CCC(=C1)C2.CNC=O. The summed E-state index contributed by atoms with van der Waals surface area (Å²) in [5.41, 5.74) is 10.3. The summed E-state index contributed by atoms with van der Waals surface area (Å²) in [5, 5.41) is 14.6. The van der Waals surface area contributed by atoms with Crippen LogP contribution in [0.3, 0.4) is 0 Å². The van der Waals surface area contributed by atoms with Gasteiger partial charge in [0, 0.05) is 40.2 Å². The van der Waals surface area contributed by atoms with Gasteiger partial charge < -0.3 is 25.7 Å². The Kier molecular flexibility index (Phi) is 14.6. The van der Waals surface area contributed by atoms with Crippen LogP contribution < -0.4 is 11.1 Å². The van der Waals surface area contributed by atoms with E-state index in [9.17, 15) is 9.59 Å². The van der Waals surface area contributed by atoms with Crippen LogP contribution in [0, 0.1) is 11.3 Å². The molecule has 236 valence electrons. The number of allylic oxidation sites excluding steroid dienone is 5. The highest BCUT2D eigenvalue weighted by atomic mass is 31.1. The fourth-order valence-electron chi connectivity index (χ4n) is 4.37. The molecule has 0 saturated heterocycles. The Morgan fingerprint density at radius 1 is 1.18 bits per heavy atom. The van der Waals surface area contributed by atoms with Crippen LogP contribution in [0.4, 0.5) is 0 Å². The molecular weight excluding hydrogens is 575 g/mol. The van der Waals surface area contributed by atoms with Crippen LogP contribution in [0.5, 0.6) is 0 Å². The summed E-state index contributed by atoms with van der Waals surface area (Å²) < 4.78 is 0. The highest BCUT2D eigenvalue weighted by Crippen LogP contribution is 2.32. The van der Waals surface area contributed by atoms with Gasteiger partial charge in [-0.1, -0.05) is 79.4 Å². The van der Waals surface area contributed by atoms with Crippen molar-refractivity contribution in [2.45, 2.75) is 51.1 Å². The van der Waals surface area contributed by atoms with E-state index < -0.39 is 17.5 Å². The van der Waals surface area contributed by atoms with Crippen LogP contribution in [0.25, 0.3) is 0 Å². The molecule has 2 aliphatic rings. The Bertz CT molecular complexity index is 1340. The van der Waals surface area contributed by atoms with Crippen molar-refractivity contribution in [1.82, 2.24) is 15.1 Å². The maximum absolute atomic E-state index is 14.1. The first-order chi connectivity index (χ1) is 20.8. The third-order valence-corrected chi connectivity index (χ3v) is 7.56. The van der Waals surface area contributed by atoms with Gasteiger partial charge in [-0.2, -0.15) is 0 Å². The number of rotatable bonds is 12. The zero-order valence-corrected chi connectivity index (χ0v) is 27.4. The molecule has 1 aromatic rings. The van der Waals surface area contributed by atoms with Crippen molar-refractivity contribution in [3.63, 3.8) is 0 Å². The minimum Gasteiger partial charge on any atom is -0.362 e. The summed E-state index contributed by atoms with van der Waals surface area (Å²) in [6.07, 6.45) is 12.5. The molecule has 1 aliphatic heterocycles. The summed E-state index contributed by atoms with van der Waals surface area (Å²) >= 11 is 0. The largest absolute Gasteiger partial charge is 0.362 e. The number of hydrogen-bond acceptors (Lipinski definition) is 7. The standard InChI is InChI=1S/C31H40N5O3P.C2H5NO/c1-31(2,33)13-11-26(18-24-15-23-12-14-40-21-25(16-23)17-24)30(38)36(5)27(19-22-9-7-6-8-10-22)29(32)39-34-20-28(37)35(3)4;1-3-2-4/h6-11,13-15,17,20-21,26-27,32H,12,16,18-19,33H2,1-5H3;2H,1H3,(H,3,4)/b13-11+,32-29?,34-20+;/t26-,27?;/m0./s1. The molecule has 1 heterocycles. The molecule has 0 saturated carbocycles. The van der Waals surface area contributed by atoms with Crippen molar-refractivity contribution >= 4 is 44.3 Å². The minimum atomic E-state index is -0.735. The molecule has 4 N–H and O–H groups in total. The lowest BCUT2D eigenvalue weighted by Gasteiger charge is -2.30. The molecule has 44 heavy (non-hydrogen) atoms. The van der Waals surface area contributed by atoms with Gasteiger partial charge in [0.25, 0.3) is 5.91 Å². The first-order valence-electron chi connectivity index (χ1n) is 14.3. The predicted molar refractivity (Wildman–Crippen MR) is 180 cm³/mol. The number of likely N-dealkylation sites (N-methyl/N-ethyl adjacent to an activating group) is 1. The van der Waals surface area contributed by atoms with Crippen LogP contribution in [0.1, 0.15) is 38.7 Å². The number of hydrogen-bond donors (Lipinski definition) is 3. The number of nitrogens with two attached hydrogens (primary N) is 1. The van der Waals surface area contributed by atoms with Gasteiger partial charge in [-0.3, -0.25) is 19.8 Å². The van der Waals surface area contributed by atoms with Crippen LogP contribution in [-0.4, -0.2) is 85.7 Å². The number of carbonyl (C=O) groups excluding carboxylic acids is 3. The van der Waals surface area contributed by atoms with Crippen LogP contribution in [-0.2, 0) is 25.6 Å². The van der Waals surface area contributed by atoms with Crippen molar-refractivity contribution < 1.29 is 19.2 Å². The van der Waals surface area contributed by atoms with E-state index in [0.29, 0.717) is 19.3 Å². The lowest BCUT2D eigenvalue weighted by Crippen LogP contribution is -2.46. The van der Waals surface area contributed by atoms with Gasteiger partial charge in [0.2, 0.25) is 18.2 Å². The Morgan fingerprint density at radius 3 is 2.48 bits per heavy atom. The molecule has 3 rings (SSSR count). The monoisotopic (exact) mass is 620 g/mol. The first kappa shape index (κ1) is 36.1. The highest BCUT2D eigenvalue weighted by Gasteiger charge is 2.31. The van der Waals surface area contributed by atoms with Crippen molar-refractivity contribution in [3.8, 4) is 0 Å². The average molecular weight is 621 g/mol. The van der Waals surface area contributed by atoms with E-state index in [1.807, 2.05) is 56.3 Å². The average Bonchev–Trinajstić information content (AvgIpc) is 3.16. The Balaban J connectivity index is 0.00000159. The first-order valence-corrected chi connectivity index (χ1v) is 15.4. The molecule has 0 aromatic heterocycles. The van der Waals surface area contributed by atoms with E-state index in [-0.39, 0.29) is 17.7 Å². The second-order valence-electron chi connectivity index (χ2n) is 11.4. The molecule has 1 aromatic carbocycles. The van der Waals surface area contributed by atoms with Crippen LogP contribution in [0.2, 0.25) is 0 Å². The summed E-state index contributed by atoms with van der Waals surface area (Å²) in [5.74, 6) is 3.22. The second-order valence-corrected chi connectivity index (χ2v) is 12.3. The topological polar surface area (TPSA) is 141 Å². The quantitative estimate of drug-likeness (QED) is 0.0807. The molecule has 0 spiro atoms. The molecule has 11 heteroatoms. The smallest absolute Gasteiger partial charge is 0.267 e. The number of benzene rings is 1. The van der Waals surface area contributed by atoms with Gasteiger partial charge in [0.15, 0.2) is 0 Å². The van der Waals surface area contributed by atoms with E-state index >= 15 is 0 Å². The number of oxime groups is 1. The maximum atomic E-state index is 14.1. The van der Waals surface area contributed by atoms with Gasteiger partial charge in [-0.05, 0) is 55.6 Å². The van der Waals surface area contributed by atoms with E-state index in [1.54, 1.807) is 33.1 Å². The zero-order chi connectivity index (χ0) is 32.7. The molecule has 1 aliphatic carbocycles. The molecule has 0 radical (unpaired) electrons. The van der Waals surface area contributed by atoms with E-state index in [0.717, 1.165) is 30.2 Å². The number of nitrogens with one attached hydrogen (secondary N) is 2. The predicted octanol–water partition coefficient (Wildman–Crippen LogP) is 4.08. The van der Waals surface area contributed by atoms with Gasteiger partial charge in [-0.25, -0.2) is 0 Å². The van der Waals surface area contributed by atoms with E-state index in [1.165, 1.54) is 24.3 Å². The van der Waals surface area contributed by atoms with Gasteiger partial charge >= 0.3 is 0 Å². The Labute approximate surface area is 262 Å². The molecule has 1 unspecified atom stereocenters. The zero-order valence-electron chi connectivity index (χ0n) is 26.5. The fraction of sp³-hybridized carbons (Fsp3) is 0.394.